The van der Waals surface area contributed by atoms with Crippen LogP contribution in [0.25, 0.3) is 22.2 Å². The van der Waals surface area contributed by atoms with Crippen molar-refractivity contribution in [3.05, 3.63) is 78.2 Å². The van der Waals surface area contributed by atoms with Crippen LogP contribution in [0.5, 0.6) is 5.75 Å². The molecular weight excluding hydrogens is 366 g/mol. The van der Waals surface area contributed by atoms with Gasteiger partial charge in [-0.15, -0.1) is 0 Å². The summed E-state index contributed by atoms with van der Waals surface area (Å²) in [5, 5.41) is 8.78. The molecule has 0 aliphatic heterocycles. The van der Waals surface area contributed by atoms with Gasteiger partial charge in [0.15, 0.2) is 6.10 Å². The Morgan fingerprint density at radius 2 is 1.83 bits per heavy atom. The summed E-state index contributed by atoms with van der Waals surface area (Å²) in [5.41, 5.74) is 2.02. The Labute approximate surface area is 168 Å². The van der Waals surface area contributed by atoms with E-state index in [1.54, 1.807) is 6.92 Å². The molecule has 1 atom stereocenters. The van der Waals surface area contributed by atoms with E-state index in [1.807, 2.05) is 73.7 Å². The Morgan fingerprint density at radius 1 is 1.07 bits per heavy atom. The number of aryl methyl sites for hydroxylation is 1. The molecular formula is C23H21N3O3. The van der Waals surface area contributed by atoms with Crippen molar-refractivity contribution in [3.63, 3.8) is 0 Å². The topological polar surface area (TPSA) is 77.2 Å². The quantitative estimate of drug-likeness (QED) is 0.534. The summed E-state index contributed by atoms with van der Waals surface area (Å²) in [6.45, 7) is 3.87. The number of benzene rings is 3. The van der Waals surface area contributed by atoms with Gasteiger partial charge in [-0.3, -0.25) is 4.79 Å². The fourth-order valence-electron chi connectivity index (χ4n) is 3.00. The largest absolute Gasteiger partial charge is 0.480 e. The van der Waals surface area contributed by atoms with Gasteiger partial charge in [0.05, 0.1) is 6.54 Å². The molecule has 4 rings (SSSR count). The zero-order valence-corrected chi connectivity index (χ0v) is 16.3. The summed E-state index contributed by atoms with van der Waals surface area (Å²) in [4.78, 5) is 16.8. The molecule has 0 radical (unpaired) electrons. The minimum Gasteiger partial charge on any atom is -0.480 e. The van der Waals surface area contributed by atoms with Crippen molar-refractivity contribution >= 4 is 16.7 Å². The van der Waals surface area contributed by atoms with Crippen molar-refractivity contribution < 1.29 is 14.1 Å². The van der Waals surface area contributed by atoms with E-state index >= 15 is 0 Å². The van der Waals surface area contributed by atoms with Gasteiger partial charge in [0, 0.05) is 10.9 Å². The average Bonchev–Trinajstić information content (AvgIpc) is 3.22. The lowest BCUT2D eigenvalue weighted by molar-refractivity contribution is -0.127. The van der Waals surface area contributed by atoms with Gasteiger partial charge < -0.3 is 14.6 Å². The van der Waals surface area contributed by atoms with Gasteiger partial charge in [-0.1, -0.05) is 71.4 Å². The molecule has 4 aromatic rings. The van der Waals surface area contributed by atoms with E-state index in [-0.39, 0.29) is 12.5 Å². The minimum atomic E-state index is -0.666. The molecule has 1 amide bonds. The minimum absolute atomic E-state index is 0.140. The number of nitrogens with one attached hydrogen (secondary N) is 1. The third kappa shape index (κ3) is 4.27. The van der Waals surface area contributed by atoms with Crippen LogP contribution in [0.3, 0.4) is 0 Å². The molecule has 146 valence electrons. The lowest BCUT2D eigenvalue weighted by Gasteiger charge is -2.15. The van der Waals surface area contributed by atoms with Crippen LogP contribution < -0.4 is 10.1 Å². The first-order valence-corrected chi connectivity index (χ1v) is 9.42. The van der Waals surface area contributed by atoms with E-state index in [9.17, 15) is 4.79 Å². The van der Waals surface area contributed by atoms with Gasteiger partial charge in [0.25, 0.3) is 5.91 Å². The lowest BCUT2D eigenvalue weighted by atomic mass is 10.1. The number of aromatic nitrogens is 2. The predicted molar refractivity (Wildman–Crippen MR) is 110 cm³/mol. The molecule has 0 bridgehead atoms. The average molecular weight is 387 g/mol. The van der Waals surface area contributed by atoms with E-state index in [4.69, 9.17) is 9.26 Å². The highest BCUT2D eigenvalue weighted by Gasteiger charge is 2.17. The van der Waals surface area contributed by atoms with Crippen LogP contribution in [-0.4, -0.2) is 22.2 Å². The van der Waals surface area contributed by atoms with E-state index < -0.39 is 6.10 Å². The van der Waals surface area contributed by atoms with Crippen molar-refractivity contribution in [2.45, 2.75) is 26.5 Å². The van der Waals surface area contributed by atoms with Crippen molar-refractivity contribution in [3.8, 4) is 17.1 Å². The van der Waals surface area contributed by atoms with Crippen molar-refractivity contribution in [1.82, 2.24) is 15.5 Å². The molecule has 1 aromatic heterocycles. The van der Waals surface area contributed by atoms with Gasteiger partial charge in [0.2, 0.25) is 11.7 Å². The van der Waals surface area contributed by atoms with Gasteiger partial charge >= 0.3 is 0 Å². The highest BCUT2D eigenvalue weighted by Crippen LogP contribution is 2.26. The molecule has 6 nitrogen and oxygen atoms in total. The number of fused-ring (bicyclic) bond motifs is 1. The standard InChI is InChI=1S/C23H21N3O3/c1-15-10-12-18(13-11-15)22-25-21(29-26-22)14-24-23(27)16(2)28-20-9-5-7-17-6-3-4-8-19(17)20/h3-13,16H,14H2,1-2H3,(H,24,27). The van der Waals surface area contributed by atoms with E-state index in [0.717, 1.165) is 21.9 Å². The smallest absolute Gasteiger partial charge is 0.261 e. The van der Waals surface area contributed by atoms with Crippen LogP contribution in [0, 0.1) is 6.92 Å². The van der Waals surface area contributed by atoms with Gasteiger partial charge in [0.1, 0.15) is 5.75 Å². The Kier molecular flexibility index (Phi) is 5.24. The molecule has 1 N–H and O–H groups in total. The first kappa shape index (κ1) is 18.7. The number of carbonyl (C=O) groups is 1. The van der Waals surface area contributed by atoms with Crippen LogP contribution in [0.4, 0.5) is 0 Å². The Bertz CT molecular complexity index is 1130. The molecule has 1 heterocycles. The Balaban J connectivity index is 1.37. The zero-order chi connectivity index (χ0) is 20.2. The molecule has 0 spiro atoms. The van der Waals surface area contributed by atoms with Gasteiger partial charge in [-0.05, 0) is 25.3 Å². The number of ether oxygens (including phenoxy) is 1. The summed E-state index contributed by atoms with van der Waals surface area (Å²) >= 11 is 0. The SMILES string of the molecule is Cc1ccc(-c2noc(CNC(=O)C(C)Oc3cccc4ccccc34)n2)cc1. The number of carbonyl (C=O) groups excluding carboxylic acids is 1. The predicted octanol–water partition coefficient (Wildman–Crippen LogP) is 4.28. The van der Waals surface area contributed by atoms with Crippen LogP contribution >= 0.6 is 0 Å². The first-order valence-electron chi connectivity index (χ1n) is 9.42. The number of nitrogens with zero attached hydrogens (tertiary/aromatic N) is 2. The third-order valence-corrected chi connectivity index (χ3v) is 4.61. The summed E-state index contributed by atoms with van der Waals surface area (Å²) in [5.74, 6) is 1.25. The molecule has 0 aliphatic rings. The summed E-state index contributed by atoms with van der Waals surface area (Å²) < 4.78 is 11.1. The number of rotatable bonds is 6. The second-order valence-electron chi connectivity index (χ2n) is 6.83. The third-order valence-electron chi connectivity index (χ3n) is 4.61. The molecule has 6 heteroatoms. The maximum atomic E-state index is 12.4. The van der Waals surface area contributed by atoms with Crippen LogP contribution in [0.15, 0.2) is 71.3 Å². The number of hydrogen-bond donors (Lipinski definition) is 1. The lowest BCUT2D eigenvalue weighted by Crippen LogP contribution is -2.36. The fraction of sp³-hybridized carbons (Fsp3) is 0.174. The molecule has 0 saturated carbocycles. The first-order chi connectivity index (χ1) is 14.1. The molecule has 29 heavy (non-hydrogen) atoms. The Hall–Kier alpha value is -3.67. The van der Waals surface area contributed by atoms with Crippen molar-refractivity contribution in [2.75, 3.05) is 0 Å². The van der Waals surface area contributed by atoms with Crippen molar-refractivity contribution in [1.29, 1.82) is 0 Å². The summed E-state index contributed by atoms with van der Waals surface area (Å²) in [6.07, 6.45) is -0.666. The van der Waals surface area contributed by atoms with E-state index in [1.165, 1.54) is 0 Å². The second kappa shape index (κ2) is 8.14. The van der Waals surface area contributed by atoms with Crippen molar-refractivity contribution in [2.24, 2.45) is 0 Å². The molecule has 3 aromatic carbocycles. The number of amides is 1. The van der Waals surface area contributed by atoms with Crippen LogP contribution in [0.1, 0.15) is 18.4 Å². The van der Waals surface area contributed by atoms with Crippen LogP contribution in [-0.2, 0) is 11.3 Å². The molecule has 0 saturated heterocycles. The molecule has 1 unspecified atom stereocenters. The van der Waals surface area contributed by atoms with Gasteiger partial charge in [-0.25, -0.2) is 0 Å². The maximum Gasteiger partial charge on any atom is 0.261 e. The summed E-state index contributed by atoms with van der Waals surface area (Å²) in [7, 11) is 0. The maximum absolute atomic E-state index is 12.4. The highest BCUT2D eigenvalue weighted by atomic mass is 16.5. The normalized spacial score (nSPS) is 11.9. The van der Waals surface area contributed by atoms with E-state index in [0.29, 0.717) is 17.5 Å². The van der Waals surface area contributed by atoms with Crippen LogP contribution in [0.2, 0.25) is 0 Å². The summed E-state index contributed by atoms with van der Waals surface area (Å²) in [6, 6.07) is 21.5. The second-order valence-corrected chi connectivity index (χ2v) is 6.83. The fourth-order valence-corrected chi connectivity index (χ4v) is 3.00. The molecule has 0 fully saturated rings. The van der Waals surface area contributed by atoms with Gasteiger partial charge in [-0.2, -0.15) is 4.98 Å². The Morgan fingerprint density at radius 3 is 2.66 bits per heavy atom. The van der Waals surface area contributed by atoms with E-state index in [2.05, 4.69) is 15.5 Å². The monoisotopic (exact) mass is 387 g/mol. The highest BCUT2D eigenvalue weighted by molar-refractivity contribution is 5.89. The molecule has 0 aliphatic carbocycles. The number of hydrogen-bond acceptors (Lipinski definition) is 5. The zero-order valence-electron chi connectivity index (χ0n) is 16.3.